The molecule has 1 atom stereocenters. The molecule has 166 valence electrons. The Morgan fingerprint density at radius 1 is 1.19 bits per heavy atom. The average Bonchev–Trinajstić information content (AvgIpc) is 3.07. The lowest BCUT2D eigenvalue weighted by Gasteiger charge is -2.34. The summed E-state index contributed by atoms with van der Waals surface area (Å²) < 4.78 is 4.82. The number of carbonyl (C=O) groups is 3. The first-order chi connectivity index (χ1) is 14.7. The summed E-state index contributed by atoms with van der Waals surface area (Å²) in [5, 5.41) is 12.6. The van der Waals surface area contributed by atoms with E-state index >= 15 is 0 Å². The SMILES string of the molecule is COC(=O)c1c(C)[nH]c(C(=O)[C@@H](C)N2CCC(C(=O)Nc3ccccc3O)CC2)c1C. The third-order valence-corrected chi connectivity index (χ3v) is 6.06. The summed E-state index contributed by atoms with van der Waals surface area (Å²) in [6.07, 6.45) is 1.24. The van der Waals surface area contributed by atoms with E-state index in [0.717, 1.165) is 0 Å². The minimum Gasteiger partial charge on any atom is -0.506 e. The molecule has 2 heterocycles. The van der Waals surface area contributed by atoms with Crippen molar-refractivity contribution in [1.29, 1.82) is 0 Å². The fourth-order valence-corrected chi connectivity index (χ4v) is 4.14. The van der Waals surface area contributed by atoms with Crippen LogP contribution in [0.25, 0.3) is 0 Å². The maximum absolute atomic E-state index is 13.1. The number of aryl methyl sites for hydroxylation is 1. The van der Waals surface area contributed by atoms with Crippen LogP contribution in [0.1, 0.15) is 51.9 Å². The minimum absolute atomic E-state index is 0.0374. The fraction of sp³-hybridized carbons (Fsp3) is 0.435. The number of amides is 1. The number of methoxy groups -OCH3 is 1. The van der Waals surface area contributed by atoms with E-state index in [2.05, 4.69) is 15.2 Å². The summed E-state index contributed by atoms with van der Waals surface area (Å²) in [4.78, 5) is 42.8. The number of hydrogen-bond donors (Lipinski definition) is 3. The predicted molar refractivity (Wildman–Crippen MR) is 116 cm³/mol. The molecule has 1 aliphatic rings. The van der Waals surface area contributed by atoms with Gasteiger partial charge in [-0.15, -0.1) is 0 Å². The number of anilines is 1. The van der Waals surface area contributed by atoms with Crippen molar-refractivity contribution in [2.75, 3.05) is 25.5 Å². The summed E-state index contributed by atoms with van der Waals surface area (Å²) in [6.45, 7) is 6.54. The highest BCUT2D eigenvalue weighted by molar-refractivity contribution is 6.03. The molecule has 3 N–H and O–H groups in total. The fourth-order valence-electron chi connectivity index (χ4n) is 4.14. The van der Waals surface area contributed by atoms with Gasteiger partial charge in [0.25, 0.3) is 0 Å². The first-order valence-corrected chi connectivity index (χ1v) is 10.4. The molecule has 0 unspecified atom stereocenters. The van der Waals surface area contributed by atoms with Gasteiger partial charge in [0.05, 0.1) is 30.1 Å². The Kier molecular flexibility index (Phi) is 6.80. The number of carbonyl (C=O) groups excluding carboxylic acids is 3. The number of esters is 1. The van der Waals surface area contributed by atoms with Crippen molar-refractivity contribution in [3.05, 3.63) is 46.8 Å². The summed E-state index contributed by atoms with van der Waals surface area (Å²) in [5.74, 6) is -0.824. The van der Waals surface area contributed by atoms with Gasteiger partial charge in [-0.2, -0.15) is 0 Å². The quantitative estimate of drug-likeness (QED) is 0.371. The summed E-state index contributed by atoms with van der Waals surface area (Å²) in [6, 6.07) is 6.25. The van der Waals surface area contributed by atoms with E-state index in [4.69, 9.17) is 4.74 Å². The number of likely N-dealkylation sites (tertiary alicyclic amines) is 1. The molecule has 8 heteroatoms. The molecule has 1 aliphatic heterocycles. The zero-order chi connectivity index (χ0) is 22.7. The van der Waals surface area contributed by atoms with Crippen molar-refractivity contribution < 1.29 is 24.2 Å². The van der Waals surface area contributed by atoms with Crippen molar-refractivity contribution in [3.8, 4) is 5.75 Å². The third kappa shape index (κ3) is 4.64. The average molecular weight is 428 g/mol. The largest absolute Gasteiger partial charge is 0.506 e. The second-order valence-corrected chi connectivity index (χ2v) is 7.97. The Morgan fingerprint density at radius 3 is 2.45 bits per heavy atom. The predicted octanol–water partition coefficient (Wildman–Crippen LogP) is 3.05. The second kappa shape index (κ2) is 9.34. The first-order valence-electron chi connectivity index (χ1n) is 10.4. The maximum Gasteiger partial charge on any atom is 0.339 e. The van der Waals surface area contributed by atoms with E-state index in [1.165, 1.54) is 13.2 Å². The second-order valence-electron chi connectivity index (χ2n) is 7.97. The molecule has 2 aromatic rings. The van der Waals surface area contributed by atoms with Crippen molar-refractivity contribution in [3.63, 3.8) is 0 Å². The van der Waals surface area contributed by atoms with Gasteiger partial charge in [-0.3, -0.25) is 14.5 Å². The monoisotopic (exact) mass is 427 g/mol. The molecule has 0 spiro atoms. The Bertz CT molecular complexity index is 989. The van der Waals surface area contributed by atoms with Crippen LogP contribution >= 0.6 is 0 Å². The van der Waals surface area contributed by atoms with Gasteiger partial charge in [0, 0.05) is 11.6 Å². The number of phenolic OH excluding ortho intramolecular Hbond substituents is 1. The van der Waals surface area contributed by atoms with Gasteiger partial charge < -0.3 is 20.1 Å². The number of ketones is 1. The molecule has 8 nitrogen and oxygen atoms in total. The van der Waals surface area contributed by atoms with Gasteiger partial charge in [0.2, 0.25) is 5.91 Å². The Morgan fingerprint density at radius 2 is 1.84 bits per heavy atom. The number of H-pyrrole nitrogens is 1. The maximum atomic E-state index is 13.1. The van der Waals surface area contributed by atoms with Crippen LogP contribution in [-0.4, -0.2) is 58.9 Å². The number of nitrogens with zero attached hydrogens (tertiary/aromatic N) is 1. The number of aromatic hydroxyl groups is 1. The van der Waals surface area contributed by atoms with Crippen molar-refractivity contribution in [2.24, 2.45) is 5.92 Å². The Balaban J connectivity index is 1.62. The van der Waals surface area contributed by atoms with E-state index < -0.39 is 5.97 Å². The molecular formula is C23H29N3O5. The number of aromatic nitrogens is 1. The van der Waals surface area contributed by atoms with Crippen molar-refractivity contribution in [2.45, 2.75) is 39.7 Å². The Labute approximate surface area is 181 Å². The van der Waals surface area contributed by atoms with Crippen LogP contribution < -0.4 is 5.32 Å². The zero-order valence-electron chi connectivity index (χ0n) is 18.3. The van der Waals surface area contributed by atoms with Gasteiger partial charge in [0.1, 0.15) is 5.75 Å². The van der Waals surface area contributed by atoms with Crippen LogP contribution in [0.15, 0.2) is 24.3 Å². The minimum atomic E-state index is -0.464. The van der Waals surface area contributed by atoms with Crippen LogP contribution in [0, 0.1) is 19.8 Å². The molecular weight excluding hydrogens is 398 g/mol. The number of para-hydroxylation sites is 2. The molecule has 0 saturated carbocycles. The van der Waals surface area contributed by atoms with Crippen LogP contribution in [0.4, 0.5) is 5.69 Å². The van der Waals surface area contributed by atoms with E-state index in [-0.39, 0.29) is 29.4 Å². The number of piperidine rings is 1. The van der Waals surface area contributed by atoms with Gasteiger partial charge in [-0.25, -0.2) is 4.79 Å². The van der Waals surface area contributed by atoms with E-state index in [0.29, 0.717) is 54.1 Å². The van der Waals surface area contributed by atoms with Gasteiger partial charge >= 0.3 is 5.97 Å². The molecule has 0 radical (unpaired) electrons. The van der Waals surface area contributed by atoms with E-state index in [9.17, 15) is 19.5 Å². The number of rotatable bonds is 6. The topological polar surface area (TPSA) is 112 Å². The third-order valence-electron chi connectivity index (χ3n) is 6.06. The summed E-state index contributed by atoms with van der Waals surface area (Å²) in [7, 11) is 1.32. The lowest BCUT2D eigenvalue weighted by molar-refractivity contribution is -0.121. The molecule has 0 bridgehead atoms. The lowest BCUT2D eigenvalue weighted by atomic mass is 9.93. The van der Waals surface area contributed by atoms with Crippen LogP contribution in [0.2, 0.25) is 0 Å². The number of Topliss-reactive ketones (excluding diaryl/α,β-unsaturated/α-hetero) is 1. The normalized spacial score (nSPS) is 16.0. The van der Waals surface area contributed by atoms with Gasteiger partial charge in [0.15, 0.2) is 5.78 Å². The number of aromatic amines is 1. The standard InChI is InChI=1S/C23H29N3O5/c1-13-19(23(30)31-4)14(2)24-20(13)21(28)15(3)26-11-9-16(10-12-26)22(29)25-17-7-5-6-8-18(17)27/h5-8,15-16,24,27H,9-12H2,1-4H3,(H,25,29)/t15-/m1/s1. The molecule has 1 aromatic carbocycles. The van der Waals surface area contributed by atoms with Crippen LogP contribution in [0.3, 0.4) is 0 Å². The zero-order valence-corrected chi connectivity index (χ0v) is 18.3. The number of phenols is 1. The van der Waals surface area contributed by atoms with E-state index in [1.807, 2.05) is 6.92 Å². The lowest BCUT2D eigenvalue weighted by Crippen LogP contribution is -2.46. The van der Waals surface area contributed by atoms with Crippen molar-refractivity contribution in [1.82, 2.24) is 9.88 Å². The highest BCUT2D eigenvalue weighted by Crippen LogP contribution is 2.27. The number of hydrogen-bond acceptors (Lipinski definition) is 6. The summed E-state index contributed by atoms with van der Waals surface area (Å²) in [5.41, 5.74) is 2.43. The molecule has 31 heavy (non-hydrogen) atoms. The molecule has 3 rings (SSSR count). The smallest absolute Gasteiger partial charge is 0.339 e. The number of nitrogens with one attached hydrogen (secondary N) is 2. The number of benzene rings is 1. The first kappa shape index (κ1) is 22.6. The van der Waals surface area contributed by atoms with Gasteiger partial charge in [-0.05, 0) is 64.4 Å². The molecule has 0 aliphatic carbocycles. The van der Waals surface area contributed by atoms with Crippen LogP contribution in [0.5, 0.6) is 5.75 Å². The number of ether oxygens (including phenoxy) is 1. The molecule has 1 aromatic heterocycles. The highest BCUT2D eigenvalue weighted by Gasteiger charge is 2.32. The van der Waals surface area contributed by atoms with Crippen molar-refractivity contribution >= 4 is 23.3 Å². The van der Waals surface area contributed by atoms with E-state index in [1.54, 1.807) is 32.0 Å². The summed E-state index contributed by atoms with van der Waals surface area (Å²) >= 11 is 0. The molecule has 1 fully saturated rings. The Hall–Kier alpha value is -3.13. The molecule has 1 amide bonds. The van der Waals surface area contributed by atoms with Crippen LogP contribution in [-0.2, 0) is 9.53 Å². The molecule has 1 saturated heterocycles. The highest BCUT2D eigenvalue weighted by atomic mass is 16.5. The van der Waals surface area contributed by atoms with Gasteiger partial charge in [-0.1, -0.05) is 12.1 Å².